The molecule has 1 heterocycles. The van der Waals surface area contributed by atoms with Crippen molar-refractivity contribution in [1.82, 2.24) is 4.98 Å². The van der Waals surface area contributed by atoms with Gasteiger partial charge in [0.25, 0.3) is 0 Å². The molecule has 0 fully saturated rings. The third kappa shape index (κ3) is 2.70. The summed E-state index contributed by atoms with van der Waals surface area (Å²) in [6.45, 7) is 4.06. The summed E-state index contributed by atoms with van der Waals surface area (Å²) in [6, 6.07) is 3.34. The highest BCUT2D eigenvalue weighted by Crippen LogP contribution is 2.15. The number of carboxylic acid groups (broad SMARTS) is 1. The van der Waals surface area contributed by atoms with E-state index in [1.807, 2.05) is 13.8 Å². The van der Waals surface area contributed by atoms with Gasteiger partial charge in [0.15, 0.2) is 5.69 Å². The lowest BCUT2D eigenvalue weighted by molar-refractivity contribution is 0.0689. The first kappa shape index (κ1) is 11.0. The monoisotopic (exact) mass is 213 g/mol. The van der Waals surface area contributed by atoms with Crippen LogP contribution < -0.4 is 0 Å². The van der Waals surface area contributed by atoms with Gasteiger partial charge in [0, 0.05) is 0 Å². The number of carboxylic acids is 1. The maximum Gasteiger partial charge on any atom is 0.354 e. The molecule has 0 saturated carbocycles. The van der Waals surface area contributed by atoms with Crippen molar-refractivity contribution in [1.29, 1.82) is 0 Å². The Hall–Kier alpha value is -1.09. The number of aromatic carboxylic acids is 1. The maximum absolute atomic E-state index is 10.8. The zero-order chi connectivity index (χ0) is 10.7. The van der Waals surface area contributed by atoms with E-state index in [-0.39, 0.29) is 10.8 Å². The van der Waals surface area contributed by atoms with Crippen LogP contribution in [-0.2, 0) is 6.42 Å². The van der Waals surface area contributed by atoms with Crippen LogP contribution in [0.1, 0.15) is 29.9 Å². The van der Waals surface area contributed by atoms with Gasteiger partial charge in [-0.05, 0) is 24.0 Å². The number of aromatic nitrogens is 1. The molecular weight excluding hydrogens is 202 g/mol. The molecule has 4 heteroatoms. The highest BCUT2D eigenvalue weighted by Gasteiger charge is 2.13. The fourth-order valence-electron chi connectivity index (χ4n) is 1.25. The van der Waals surface area contributed by atoms with E-state index in [0.29, 0.717) is 12.3 Å². The molecule has 0 aliphatic carbocycles. The molecule has 3 nitrogen and oxygen atoms in total. The van der Waals surface area contributed by atoms with E-state index in [1.54, 1.807) is 12.1 Å². The van der Waals surface area contributed by atoms with E-state index in [4.69, 9.17) is 16.7 Å². The molecule has 0 unspecified atom stereocenters. The SMILES string of the molecule is CC(C)Cc1ccc(Cl)nc1C(=O)O. The first-order valence-electron chi connectivity index (χ1n) is 4.39. The van der Waals surface area contributed by atoms with Gasteiger partial charge >= 0.3 is 5.97 Å². The van der Waals surface area contributed by atoms with Crippen LogP contribution in [0.3, 0.4) is 0 Å². The van der Waals surface area contributed by atoms with Gasteiger partial charge in [0.2, 0.25) is 0 Å². The van der Waals surface area contributed by atoms with E-state index in [9.17, 15) is 4.79 Å². The molecule has 1 aromatic rings. The van der Waals surface area contributed by atoms with Crippen molar-refractivity contribution in [3.63, 3.8) is 0 Å². The molecule has 1 rings (SSSR count). The van der Waals surface area contributed by atoms with Crippen molar-refractivity contribution < 1.29 is 9.90 Å². The minimum absolute atomic E-state index is 0.0613. The Balaban J connectivity index is 3.08. The number of carbonyl (C=O) groups is 1. The molecular formula is C10H12ClNO2. The number of pyridine rings is 1. The topological polar surface area (TPSA) is 50.2 Å². The Morgan fingerprint density at radius 3 is 2.71 bits per heavy atom. The van der Waals surface area contributed by atoms with Crippen LogP contribution in [0.2, 0.25) is 5.15 Å². The smallest absolute Gasteiger partial charge is 0.354 e. The van der Waals surface area contributed by atoms with Gasteiger partial charge < -0.3 is 5.11 Å². The Bertz CT molecular complexity index is 350. The van der Waals surface area contributed by atoms with Gasteiger partial charge in [-0.3, -0.25) is 0 Å². The van der Waals surface area contributed by atoms with E-state index in [0.717, 1.165) is 5.56 Å². The van der Waals surface area contributed by atoms with Crippen LogP contribution in [0, 0.1) is 5.92 Å². The van der Waals surface area contributed by atoms with Crippen molar-refractivity contribution >= 4 is 17.6 Å². The summed E-state index contributed by atoms with van der Waals surface area (Å²) in [4.78, 5) is 14.6. The molecule has 0 spiro atoms. The molecule has 0 bridgehead atoms. The van der Waals surface area contributed by atoms with Crippen molar-refractivity contribution in [3.05, 3.63) is 28.5 Å². The normalized spacial score (nSPS) is 10.6. The van der Waals surface area contributed by atoms with Crippen molar-refractivity contribution in [2.45, 2.75) is 20.3 Å². The highest BCUT2D eigenvalue weighted by atomic mass is 35.5. The van der Waals surface area contributed by atoms with Crippen LogP contribution in [-0.4, -0.2) is 16.1 Å². The maximum atomic E-state index is 10.8. The molecule has 0 aliphatic rings. The van der Waals surface area contributed by atoms with Crippen LogP contribution in [0.5, 0.6) is 0 Å². The van der Waals surface area contributed by atoms with Crippen molar-refractivity contribution in [2.24, 2.45) is 5.92 Å². The van der Waals surface area contributed by atoms with Gasteiger partial charge in [-0.1, -0.05) is 31.5 Å². The molecule has 0 saturated heterocycles. The summed E-state index contributed by atoms with van der Waals surface area (Å²) in [5.74, 6) is -0.626. The quantitative estimate of drug-likeness (QED) is 0.786. The molecule has 0 aromatic carbocycles. The third-order valence-electron chi connectivity index (χ3n) is 1.78. The third-order valence-corrected chi connectivity index (χ3v) is 1.99. The van der Waals surface area contributed by atoms with Gasteiger partial charge in [-0.25, -0.2) is 9.78 Å². The fraction of sp³-hybridized carbons (Fsp3) is 0.400. The lowest BCUT2D eigenvalue weighted by Crippen LogP contribution is -2.08. The number of halogens is 1. The summed E-state index contributed by atoms with van der Waals surface area (Å²) in [6.07, 6.45) is 0.700. The molecule has 0 amide bonds. The highest BCUT2D eigenvalue weighted by molar-refractivity contribution is 6.29. The lowest BCUT2D eigenvalue weighted by Gasteiger charge is -2.07. The summed E-state index contributed by atoms with van der Waals surface area (Å²) in [5, 5.41) is 9.10. The van der Waals surface area contributed by atoms with Crippen LogP contribution in [0.25, 0.3) is 0 Å². The van der Waals surface area contributed by atoms with Gasteiger partial charge in [0.05, 0.1) is 0 Å². The Labute approximate surface area is 87.7 Å². The molecule has 1 N–H and O–H groups in total. The van der Waals surface area contributed by atoms with Gasteiger partial charge in [-0.2, -0.15) is 0 Å². The number of hydrogen-bond acceptors (Lipinski definition) is 2. The summed E-state index contributed by atoms with van der Waals surface area (Å²) in [5.41, 5.74) is 0.795. The van der Waals surface area contributed by atoms with E-state index in [2.05, 4.69) is 4.98 Å². The Kier molecular flexibility index (Phi) is 3.47. The first-order valence-corrected chi connectivity index (χ1v) is 4.77. The Morgan fingerprint density at radius 2 is 2.21 bits per heavy atom. The average molecular weight is 214 g/mol. The predicted octanol–water partition coefficient (Wildman–Crippen LogP) is 2.63. The number of rotatable bonds is 3. The molecule has 1 aromatic heterocycles. The molecule has 0 radical (unpaired) electrons. The average Bonchev–Trinajstić information content (AvgIpc) is 2.07. The number of hydrogen-bond donors (Lipinski definition) is 1. The predicted molar refractivity (Wildman–Crippen MR) is 54.7 cm³/mol. The summed E-state index contributed by atoms with van der Waals surface area (Å²) >= 11 is 5.62. The van der Waals surface area contributed by atoms with Crippen LogP contribution >= 0.6 is 11.6 Å². The molecule has 14 heavy (non-hydrogen) atoms. The summed E-state index contributed by atoms with van der Waals surface area (Å²) < 4.78 is 0. The largest absolute Gasteiger partial charge is 0.477 e. The first-order chi connectivity index (χ1) is 6.50. The molecule has 76 valence electrons. The molecule has 0 aliphatic heterocycles. The summed E-state index contributed by atoms with van der Waals surface area (Å²) in [7, 11) is 0. The second-order valence-corrected chi connectivity index (χ2v) is 3.93. The van der Waals surface area contributed by atoms with Crippen LogP contribution in [0.4, 0.5) is 0 Å². The Morgan fingerprint density at radius 1 is 1.57 bits per heavy atom. The fourth-order valence-corrected chi connectivity index (χ4v) is 1.40. The van der Waals surface area contributed by atoms with Gasteiger partial charge in [-0.15, -0.1) is 0 Å². The zero-order valence-electron chi connectivity index (χ0n) is 8.12. The minimum Gasteiger partial charge on any atom is -0.477 e. The van der Waals surface area contributed by atoms with Crippen molar-refractivity contribution in [3.8, 4) is 0 Å². The van der Waals surface area contributed by atoms with Gasteiger partial charge in [0.1, 0.15) is 5.15 Å². The number of nitrogens with zero attached hydrogens (tertiary/aromatic N) is 1. The van der Waals surface area contributed by atoms with Crippen LogP contribution in [0.15, 0.2) is 12.1 Å². The lowest BCUT2D eigenvalue weighted by atomic mass is 10.0. The molecule has 0 atom stereocenters. The second kappa shape index (κ2) is 4.42. The zero-order valence-corrected chi connectivity index (χ0v) is 8.88. The van der Waals surface area contributed by atoms with E-state index >= 15 is 0 Å². The minimum atomic E-state index is -1.02. The van der Waals surface area contributed by atoms with E-state index in [1.165, 1.54) is 0 Å². The second-order valence-electron chi connectivity index (χ2n) is 3.54. The standard InChI is InChI=1S/C10H12ClNO2/c1-6(2)5-7-3-4-8(11)12-9(7)10(13)14/h3-4,6H,5H2,1-2H3,(H,13,14). The van der Waals surface area contributed by atoms with E-state index < -0.39 is 5.97 Å². The van der Waals surface area contributed by atoms with Crippen molar-refractivity contribution in [2.75, 3.05) is 0 Å².